The van der Waals surface area contributed by atoms with Gasteiger partial charge in [-0.3, -0.25) is 0 Å². The third-order valence-electron chi connectivity index (χ3n) is 2.28. The molecule has 1 aromatic heterocycles. The van der Waals surface area contributed by atoms with Crippen LogP contribution >= 0.6 is 11.5 Å². The normalized spacial score (nSPS) is 11.6. The van der Waals surface area contributed by atoms with Crippen LogP contribution in [0.3, 0.4) is 0 Å². The number of nitrogens with zero attached hydrogens (tertiary/aromatic N) is 2. The third-order valence-corrected chi connectivity index (χ3v) is 5.31. The average Bonchev–Trinajstić information content (AvgIpc) is 2.78. The molecule has 2 N–H and O–H groups in total. The van der Waals surface area contributed by atoms with Gasteiger partial charge in [0, 0.05) is 22.8 Å². The standard InChI is InChI=1S/C10H11N3O2S2/c1-2-17(14,15)10-9(12-13-16-10)7-4-3-5-8(11)6-7/h3-6H,2,11H2,1H3. The molecule has 0 saturated heterocycles. The summed E-state index contributed by atoms with van der Waals surface area (Å²) in [5, 5.41) is 3.88. The highest BCUT2D eigenvalue weighted by Crippen LogP contribution is 2.29. The Morgan fingerprint density at radius 1 is 1.41 bits per heavy atom. The Hall–Kier alpha value is -1.47. The molecule has 90 valence electrons. The van der Waals surface area contributed by atoms with Crippen LogP contribution in [0.4, 0.5) is 5.69 Å². The molecule has 0 aliphatic heterocycles. The van der Waals surface area contributed by atoms with E-state index in [9.17, 15) is 8.42 Å². The fraction of sp³-hybridized carbons (Fsp3) is 0.200. The van der Waals surface area contributed by atoms with E-state index in [0.29, 0.717) is 16.9 Å². The van der Waals surface area contributed by atoms with Crippen molar-refractivity contribution in [3.05, 3.63) is 24.3 Å². The molecule has 0 bridgehead atoms. The summed E-state index contributed by atoms with van der Waals surface area (Å²) < 4.78 is 27.6. The molecule has 0 aliphatic carbocycles. The van der Waals surface area contributed by atoms with Gasteiger partial charge in [0.15, 0.2) is 14.0 Å². The molecule has 0 atom stereocenters. The summed E-state index contributed by atoms with van der Waals surface area (Å²) in [6.07, 6.45) is 0. The van der Waals surface area contributed by atoms with E-state index >= 15 is 0 Å². The van der Waals surface area contributed by atoms with Gasteiger partial charge in [0.2, 0.25) is 0 Å². The Kier molecular flexibility index (Phi) is 3.12. The lowest BCUT2D eigenvalue weighted by Gasteiger charge is -2.02. The fourth-order valence-electron chi connectivity index (χ4n) is 1.38. The van der Waals surface area contributed by atoms with Crippen LogP contribution in [-0.2, 0) is 9.84 Å². The molecule has 0 saturated carbocycles. The van der Waals surface area contributed by atoms with Crippen LogP contribution in [0.2, 0.25) is 0 Å². The molecule has 0 unspecified atom stereocenters. The molecule has 0 aliphatic rings. The van der Waals surface area contributed by atoms with Crippen LogP contribution < -0.4 is 5.73 Å². The zero-order valence-corrected chi connectivity index (χ0v) is 10.8. The average molecular weight is 269 g/mol. The van der Waals surface area contributed by atoms with Gasteiger partial charge in [0.1, 0.15) is 5.69 Å². The second-order valence-corrected chi connectivity index (χ2v) is 6.67. The first-order valence-corrected chi connectivity index (χ1v) is 7.38. The minimum atomic E-state index is -3.29. The van der Waals surface area contributed by atoms with Crippen LogP contribution in [0.15, 0.2) is 28.5 Å². The molecule has 2 rings (SSSR count). The van der Waals surface area contributed by atoms with E-state index < -0.39 is 9.84 Å². The number of hydrogen-bond donors (Lipinski definition) is 1. The fourth-order valence-corrected chi connectivity index (χ4v) is 3.44. The Bertz CT molecular complexity index is 635. The lowest BCUT2D eigenvalue weighted by Crippen LogP contribution is -2.03. The van der Waals surface area contributed by atoms with Crippen LogP contribution in [0, 0.1) is 0 Å². The summed E-state index contributed by atoms with van der Waals surface area (Å²) in [4.78, 5) is 0. The molecule has 0 spiro atoms. The lowest BCUT2D eigenvalue weighted by atomic mass is 10.1. The highest BCUT2D eigenvalue weighted by Gasteiger charge is 2.22. The van der Waals surface area contributed by atoms with Crippen LogP contribution in [0.1, 0.15) is 6.92 Å². The van der Waals surface area contributed by atoms with E-state index in [0.717, 1.165) is 11.5 Å². The first-order chi connectivity index (χ1) is 8.04. The second kappa shape index (κ2) is 4.42. The Morgan fingerprint density at radius 3 is 2.82 bits per heavy atom. The van der Waals surface area contributed by atoms with Crippen LogP contribution in [-0.4, -0.2) is 23.8 Å². The SMILES string of the molecule is CCS(=O)(=O)c1snnc1-c1cccc(N)c1. The molecule has 0 radical (unpaired) electrons. The van der Waals surface area contributed by atoms with Gasteiger partial charge in [0.25, 0.3) is 0 Å². The van der Waals surface area contributed by atoms with E-state index in [1.54, 1.807) is 31.2 Å². The van der Waals surface area contributed by atoms with Crippen molar-refractivity contribution >= 4 is 27.1 Å². The van der Waals surface area contributed by atoms with E-state index in [4.69, 9.17) is 5.73 Å². The van der Waals surface area contributed by atoms with Crippen molar-refractivity contribution < 1.29 is 8.42 Å². The minimum Gasteiger partial charge on any atom is -0.399 e. The zero-order chi connectivity index (χ0) is 12.5. The zero-order valence-electron chi connectivity index (χ0n) is 9.12. The molecule has 0 fully saturated rings. The lowest BCUT2D eigenvalue weighted by molar-refractivity contribution is 0.599. The molecular formula is C10H11N3O2S2. The van der Waals surface area contributed by atoms with Gasteiger partial charge in [0.05, 0.1) is 5.75 Å². The second-order valence-electron chi connectivity index (χ2n) is 3.44. The number of rotatable bonds is 3. The summed E-state index contributed by atoms with van der Waals surface area (Å²) in [6.45, 7) is 1.60. The number of anilines is 1. The van der Waals surface area contributed by atoms with Crippen molar-refractivity contribution in [2.24, 2.45) is 0 Å². The molecule has 5 nitrogen and oxygen atoms in total. The number of nitrogens with two attached hydrogens (primary N) is 1. The molecule has 7 heteroatoms. The molecule has 1 aromatic carbocycles. The summed E-state index contributed by atoms with van der Waals surface area (Å²) >= 11 is 0.892. The van der Waals surface area contributed by atoms with E-state index in [1.165, 1.54) is 0 Å². The maximum atomic E-state index is 11.8. The Balaban J connectivity index is 2.59. The maximum absolute atomic E-state index is 11.8. The summed E-state index contributed by atoms with van der Waals surface area (Å²) in [5.74, 6) is 0.0339. The highest BCUT2D eigenvalue weighted by molar-refractivity contribution is 7.93. The van der Waals surface area contributed by atoms with Crippen molar-refractivity contribution in [1.29, 1.82) is 0 Å². The molecule has 2 aromatic rings. The molecule has 1 heterocycles. The highest BCUT2D eigenvalue weighted by atomic mass is 32.2. The largest absolute Gasteiger partial charge is 0.399 e. The number of hydrogen-bond acceptors (Lipinski definition) is 6. The van der Waals surface area contributed by atoms with E-state index in [1.807, 2.05) is 0 Å². The predicted octanol–water partition coefficient (Wildman–Crippen LogP) is 1.58. The maximum Gasteiger partial charge on any atom is 0.191 e. The van der Waals surface area contributed by atoms with E-state index in [2.05, 4.69) is 9.59 Å². The smallest absolute Gasteiger partial charge is 0.191 e. The summed E-state index contributed by atoms with van der Waals surface area (Å²) in [7, 11) is -3.29. The van der Waals surface area contributed by atoms with Gasteiger partial charge in [-0.2, -0.15) is 0 Å². The summed E-state index contributed by atoms with van der Waals surface area (Å²) in [5.41, 5.74) is 7.28. The van der Waals surface area contributed by atoms with Gasteiger partial charge in [-0.05, 0) is 12.1 Å². The third kappa shape index (κ3) is 2.29. The molecule has 17 heavy (non-hydrogen) atoms. The number of benzene rings is 1. The van der Waals surface area contributed by atoms with Gasteiger partial charge in [-0.25, -0.2) is 8.42 Å². The Morgan fingerprint density at radius 2 is 2.18 bits per heavy atom. The van der Waals surface area contributed by atoms with Crippen molar-refractivity contribution in [1.82, 2.24) is 9.59 Å². The van der Waals surface area contributed by atoms with Gasteiger partial charge < -0.3 is 5.73 Å². The van der Waals surface area contributed by atoms with E-state index in [-0.39, 0.29) is 9.96 Å². The molecular weight excluding hydrogens is 258 g/mol. The number of nitrogen functional groups attached to an aromatic ring is 1. The van der Waals surface area contributed by atoms with Crippen molar-refractivity contribution in [3.63, 3.8) is 0 Å². The van der Waals surface area contributed by atoms with Crippen molar-refractivity contribution in [3.8, 4) is 11.3 Å². The van der Waals surface area contributed by atoms with Crippen molar-refractivity contribution in [2.45, 2.75) is 11.1 Å². The monoisotopic (exact) mass is 269 g/mol. The van der Waals surface area contributed by atoms with Gasteiger partial charge in [-0.1, -0.05) is 23.5 Å². The Labute approximate surface area is 103 Å². The summed E-state index contributed by atoms with van der Waals surface area (Å²) in [6, 6.07) is 6.94. The van der Waals surface area contributed by atoms with Gasteiger partial charge in [-0.15, -0.1) is 5.10 Å². The van der Waals surface area contributed by atoms with Crippen LogP contribution in [0.25, 0.3) is 11.3 Å². The quantitative estimate of drug-likeness (QED) is 0.855. The molecule has 0 amide bonds. The first-order valence-electron chi connectivity index (χ1n) is 4.95. The minimum absolute atomic E-state index is 0.0339. The predicted molar refractivity (Wildman–Crippen MR) is 67.5 cm³/mol. The number of aromatic nitrogens is 2. The van der Waals surface area contributed by atoms with Crippen LogP contribution in [0.5, 0.6) is 0 Å². The topological polar surface area (TPSA) is 85.9 Å². The van der Waals surface area contributed by atoms with Crippen molar-refractivity contribution in [2.75, 3.05) is 11.5 Å². The first kappa shape index (κ1) is 12.0. The van der Waals surface area contributed by atoms with Gasteiger partial charge >= 0.3 is 0 Å². The number of sulfone groups is 1.